The van der Waals surface area contributed by atoms with Gasteiger partial charge in [-0.1, -0.05) is 69.0 Å². The van der Waals surface area contributed by atoms with Gasteiger partial charge in [-0.2, -0.15) is 0 Å². The Balaban J connectivity index is 1.53. The van der Waals surface area contributed by atoms with E-state index in [4.69, 9.17) is 7.16 Å². The number of aryl methyl sites for hydroxylation is 3. The third-order valence-corrected chi connectivity index (χ3v) is 8.03. The van der Waals surface area contributed by atoms with Crippen LogP contribution < -0.4 is 4.57 Å². The van der Waals surface area contributed by atoms with Crippen LogP contribution in [0.4, 0.5) is 4.39 Å². The van der Waals surface area contributed by atoms with Crippen LogP contribution in [0.1, 0.15) is 70.8 Å². The molecule has 1 aliphatic rings. The topological polar surface area (TPSA) is 17.0 Å². The predicted molar refractivity (Wildman–Crippen MR) is 150 cm³/mol. The van der Waals surface area contributed by atoms with Crippen LogP contribution in [-0.4, -0.2) is 0 Å². The minimum Gasteiger partial charge on any atom is -0.454 e. The Kier molecular flexibility index (Phi) is 5.71. The van der Waals surface area contributed by atoms with Crippen LogP contribution in [0.3, 0.4) is 0 Å². The summed E-state index contributed by atoms with van der Waals surface area (Å²) in [7, 11) is 1.96. The molecule has 2 nitrogen and oxygen atoms in total. The molecule has 6 rings (SSSR count). The van der Waals surface area contributed by atoms with E-state index in [0.29, 0.717) is 34.6 Å². The van der Waals surface area contributed by atoms with Gasteiger partial charge in [-0.25, -0.2) is 8.96 Å². The number of rotatable bonds is 5. The van der Waals surface area contributed by atoms with Crippen molar-refractivity contribution >= 4 is 21.9 Å². The van der Waals surface area contributed by atoms with E-state index in [9.17, 15) is 0 Å². The van der Waals surface area contributed by atoms with Gasteiger partial charge in [-0.15, -0.1) is 0 Å². The van der Waals surface area contributed by atoms with Crippen LogP contribution in [0.15, 0.2) is 71.3 Å². The zero-order valence-corrected chi connectivity index (χ0v) is 21.9. The molecular formula is C34H35FNO+. The van der Waals surface area contributed by atoms with Gasteiger partial charge < -0.3 is 4.42 Å². The van der Waals surface area contributed by atoms with Crippen LogP contribution in [0.2, 0.25) is 0 Å². The van der Waals surface area contributed by atoms with Gasteiger partial charge in [0, 0.05) is 25.6 Å². The van der Waals surface area contributed by atoms with E-state index >= 15 is 4.39 Å². The van der Waals surface area contributed by atoms with Crippen molar-refractivity contribution in [2.75, 3.05) is 0 Å². The minimum atomic E-state index is -1.43. The molecule has 0 unspecified atom stereocenters. The lowest BCUT2D eigenvalue weighted by molar-refractivity contribution is -0.660. The summed E-state index contributed by atoms with van der Waals surface area (Å²) in [5.74, 6) is 0.300. The maximum absolute atomic E-state index is 15.5. The molecule has 188 valence electrons. The molecule has 5 aromatic rings. The summed E-state index contributed by atoms with van der Waals surface area (Å²) in [5.41, 5.74) is 7.31. The number of hydrogen-bond acceptors (Lipinski definition) is 1. The van der Waals surface area contributed by atoms with Gasteiger partial charge in [0.1, 0.15) is 24.0 Å². The molecule has 0 radical (unpaired) electrons. The number of furan rings is 1. The summed E-state index contributed by atoms with van der Waals surface area (Å²) in [4.78, 5) is 0. The second-order valence-electron chi connectivity index (χ2n) is 10.4. The number of hydrogen-bond donors (Lipinski definition) is 0. The smallest absolute Gasteiger partial charge is 0.216 e. The molecule has 0 aliphatic heterocycles. The molecule has 0 bridgehead atoms. The first-order valence-electron chi connectivity index (χ1n) is 14.5. The van der Waals surface area contributed by atoms with Crippen molar-refractivity contribution in [3.63, 3.8) is 0 Å². The molecule has 3 heteroatoms. The lowest BCUT2D eigenvalue weighted by Crippen LogP contribution is -2.30. The summed E-state index contributed by atoms with van der Waals surface area (Å²) in [6.45, 7) is 3.89. The van der Waals surface area contributed by atoms with Crippen molar-refractivity contribution in [1.29, 1.82) is 0 Å². The maximum atomic E-state index is 15.5. The standard InChI is InChI=1S/C34H35FNO/c1-4-8-23-19-20-36(3)30(21-23)31-22(2)11-16-27-28-17-18-29(35)32(34(28)37-33(27)31)26-14-12-25(13-15-26)24-9-6-5-7-10-24/h11-21,24H,4-10H2,1-3H3/q+1/i8D2. The lowest BCUT2D eigenvalue weighted by Gasteiger charge is -2.22. The van der Waals surface area contributed by atoms with Gasteiger partial charge in [0.15, 0.2) is 6.20 Å². The molecule has 1 aliphatic carbocycles. The van der Waals surface area contributed by atoms with E-state index < -0.39 is 6.37 Å². The zero-order valence-electron chi connectivity index (χ0n) is 23.9. The Hall–Kier alpha value is -3.46. The van der Waals surface area contributed by atoms with Crippen LogP contribution in [0.25, 0.3) is 44.3 Å². The molecule has 1 fully saturated rings. The largest absolute Gasteiger partial charge is 0.454 e. The van der Waals surface area contributed by atoms with Crippen molar-refractivity contribution < 1.29 is 16.1 Å². The van der Waals surface area contributed by atoms with E-state index in [1.807, 2.05) is 68.1 Å². The first-order valence-corrected chi connectivity index (χ1v) is 13.5. The number of benzene rings is 3. The molecule has 1 saturated carbocycles. The number of fused-ring (bicyclic) bond motifs is 3. The Morgan fingerprint density at radius 3 is 2.35 bits per heavy atom. The predicted octanol–water partition coefficient (Wildman–Crippen LogP) is 9.19. The number of nitrogens with zero attached hydrogens (tertiary/aromatic N) is 1. The van der Waals surface area contributed by atoms with Crippen LogP contribution in [0, 0.1) is 12.7 Å². The van der Waals surface area contributed by atoms with Gasteiger partial charge in [0.2, 0.25) is 5.69 Å². The average molecular weight is 495 g/mol. The first kappa shape index (κ1) is 21.6. The first-order chi connectivity index (χ1) is 18.8. The Morgan fingerprint density at radius 1 is 0.919 bits per heavy atom. The molecule has 0 spiro atoms. The van der Waals surface area contributed by atoms with Gasteiger partial charge in [0.05, 0.1) is 11.1 Å². The van der Waals surface area contributed by atoms with Gasteiger partial charge in [-0.05, 0) is 66.4 Å². The van der Waals surface area contributed by atoms with E-state index in [2.05, 4.69) is 18.2 Å². The van der Waals surface area contributed by atoms with Crippen molar-refractivity contribution in [3.05, 3.63) is 89.4 Å². The SMILES string of the molecule is [2H]C([2H])(CC)c1cc[n+](C)c(-c2c(C)ccc3c2oc2c(-c4ccc(C5CCCCC5)cc4)c(F)ccc23)c1. The molecule has 3 aromatic carbocycles. The molecule has 0 atom stereocenters. The molecule has 37 heavy (non-hydrogen) atoms. The normalized spacial score (nSPS) is 15.8. The Morgan fingerprint density at radius 2 is 1.62 bits per heavy atom. The fourth-order valence-corrected chi connectivity index (χ4v) is 6.06. The van der Waals surface area contributed by atoms with Crippen molar-refractivity contribution in [1.82, 2.24) is 0 Å². The van der Waals surface area contributed by atoms with Crippen molar-refractivity contribution in [2.24, 2.45) is 7.05 Å². The van der Waals surface area contributed by atoms with Gasteiger partial charge in [-0.3, -0.25) is 0 Å². The Labute approximate surface area is 221 Å². The average Bonchev–Trinajstić information content (AvgIpc) is 3.32. The zero-order chi connectivity index (χ0) is 27.3. The van der Waals surface area contributed by atoms with Gasteiger partial charge in [0.25, 0.3) is 0 Å². The third kappa shape index (κ3) is 4.25. The van der Waals surface area contributed by atoms with E-state index in [1.54, 1.807) is 0 Å². The quantitative estimate of drug-likeness (QED) is 0.223. The lowest BCUT2D eigenvalue weighted by atomic mass is 9.83. The monoisotopic (exact) mass is 494 g/mol. The number of halogens is 1. The Bertz CT molecular complexity index is 1680. The van der Waals surface area contributed by atoms with Crippen molar-refractivity contribution in [2.45, 2.75) is 64.7 Å². The molecule has 0 amide bonds. The number of aromatic nitrogens is 1. The van der Waals surface area contributed by atoms with Crippen LogP contribution in [-0.2, 0) is 13.4 Å². The second-order valence-corrected chi connectivity index (χ2v) is 10.4. The van der Waals surface area contributed by atoms with Gasteiger partial charge >= 0.3 is 0 Å². The highest BCUT2D eigenvalue weighted by molar-refractivity contribution is 6.13. The summed E-state index contributed by atoms with van der Waals surface area (Å²) in [6.07, 6.45) is 7.20. The molecular weight excluding hydrogens is 457 g/mol. The fraction of sp³-hybridized carbons (Fsp3) is 0.324. The molecule has 2 heterocycles. The van der Waals surface area contributed by atoms with E-state index in [0.717, 1.165) is 33.2 Å². The van der Waals surface area contributed by atoms with Crippen LogP contribution >= 0.6 is 0 Å². The maximum Gasteiger partial charge on any atom is 0.216 e. The van der Waals surface area contributed by atoms with E-state index in [1.165, 1.54) is 43.7 Å². The minimum absolute atomic E-state index is 0.297. The third-order valence-electron chi connectivity index (χ3n) is 8.03. The van der Waals surface area contributed by atoms with Crippen molar-refractivity contribution in [3.8, 4) is 22.4 Å². The van der Waals surface area contributed by atoms with Crippen LogP contribution in [0.5, 0.6) is 0 Å². The summed E-state index contributed by atoms with van der Waals surface area (Å²) < 4.78 is 41.0. The van der Waals surface area contributed by atoms with E-state index in [-0.39, 0.29) is 5.82 Å². The highest BCUT2D eigenvalue weighted by atomic mass is 19.1. The highest BCUT2D eigenvalue weighted by Gasteiger charge is 2.24. The summed E-state index contributed by atoms with van der Waals surface area (Å²) in [5, 5.41) is 1.80. The summed E-state index contributed by atoms with van der Waals surface area (Å²) in [6, 6.07) is 19.6. The fourth-order valence-electron chi connectivity index (χ4n) is 6.06. The second kappa shape index (κ2) is 9.78. The summed E-state index contributed by atoms with van der Waals surface area (Å²) >= 11 is 0. The molecule has 2 aromatic heterocycles. The molecule has 0 N–H and O–H groups in total. The molecule has 0 saturated heterocycles. The number of pyridine rings is 1. The highest BCUT2D eigenvalue weighted by Crippen LogP contribution is 2.42.